The van der Waals surface area contributed by atoms with Crippen LogP contribution in [0.5, 0.6) is 0 Å². The topological polar surface area (TPSA) is 50.3 Å². The summed E-state index contributed by atoms with van der Waals surface area (Å²) in [5, 5.41) is 5.05. The van der Waals surface area contributed by atoms with Crippen LogP contribution in [0.2, 0.25) is 0 Å². The molecule has 4 rings (SSSR count). The second-order valence-corrected chi connectivity index (χ2v) is 9.06. The minimum Gasteiger partial charge on any atom is -0.379 e. The van der Waals surface area contributed by atoms with Crippen molar-refractivity contribution < 1.29 is 4.74 Å². The first-order valence-corrected chi connectivity index (χ1v) is 10.8. The summed E-state index contributed by atoms with van der Waals surface area (Å²) in [6, 6.07) is 0.526. The zero-order chi connectivity index (χ0) is 18.1. The lowest BCUT2D eigenvalue weighted by Crippen LogP contribution is -2.36. The van der Waals surface area contributed by atoms with Crippen LogP contribution in [0.1, 0.15) is 48.9 Å². The van der Waals surface area contributed by atoms with Crippen molar-refractivity contribution in [1.82, 2.24) is 14.9 Å². The Morgan fingerprint density at radius 1 is 1.15 bits per heavy atom. The maximum Gasteiger partial charge on any atom is 0.146 e. The van der Waals surface area contributed by atoms with Gasteiger partial charge in [0.25, 0.3) is 0 Å². The molecule has 2 aliphatic rings. The molecule has 0 radical (unpaired) electrons. The van der Waals surface area contributed by atoms with Gasteiger partial charge in [0.2, 0.25) is 0 Å². The third-order valence-electron chi connectivity index (χ3n) is 5.98. The number of hydrogen-bond donors (Lipinski definition) is 1. The van der Waals surface area contributed by atoms with Crippen molar-refractivity contribution in [3.05, 3.63) is 16.3 Å². The van der Waals surface area contributed by atoms with Crippen molar-refractivity contribution in [3.63, 3.8) is 0 Å². The second kappa shape index (κ2) is 7.79. The Hall–Kier alpha value is -1.24. The number of morpholine rings is 1. The van der Waals surface area contributed by atoms with Crippen LogP contribution >= 0.6 is 11.3 Å². The highest BCUT2D eigenvalue weighted by Gasteiger charge is 2.24. The van der Waals surface area contributed by atoms with Crippen LogP contribution in [0.4, 0.5) is 5.82 Å². The van der Waals surface area contributed by atoms with E-state index in [1.165, 1.54) is 41.5 Å². The number of ether oxygens (including phenoxy) is 1. The number of anilines is 1. The Bertz CT molecular complexity index is 769. The molecule has 0 amide bonds. The van der Waals surface area contributed by atoms with Crippen LogP contribution in [0.15, 0.2) is 0 Å². The van der Waals surface area contributed by atoms with Gasteiger partial charge in [0, 0.05) is 24.0 Å². The fraction of sp³-hybridized carbons (Fsp3) is 0.700. The van der Waals surface area contributed by atoms with Gasteiger partial charge in [0.15, 0.2) is 0 Å². The molecule has 6 heteroatoms. The minimum atomic E-state index is 0.526. The van der Waals surface area contributed by atoms with Gasteiger partial charge in [-0.15, -0.1) is 11.3 Å². The summed E-state index contributed by atoms with van der Waals surface area (Å²) < 4.78 is 5.47. The molecular formula is C20H30N4OS. The van der Waals surface area contributed by atoms with E-state index in [0.717, 1.165) is 49.3 Å². The molecule has 0 bridgehead atoms. The van der Waals surface area contributed by atoms with E-state index < -0.39 is 0 Å². The summed E-state index contributed by atoms with van der Waals surface area (Å²) in [6.07, 6.45) is 5.23. The van der Waals surface area contributed by atoms with E-state index in [2.05, 4.69) is 31.0 Å². The molecule has 2 unspecified atom stereocenters. The molecule has 2 atom stereocenters. The lowest BCUT2D eigenvalue weighted by atomic mass is 9.86. The number of hydrogen-bond acceptors (Lipinski definition) is 6. The van der Waals surface area contributed by atoms with E-state index in [0.29, 0.717) is 12.0 Å². The number of nitrogens with one attached hydrogen (secondary N) is 1. The van der Waals surface area contributed by atoms with Crippen LogP contribution in [0, 0.1) is 19.8 Å². The summed E-state index contributed by atoms with van der Waals surface area (Å²) in [7, 11) is 0. The summed E-state index contributed by atoms with van der Waals surface area (Å²) >= 11 is 1.80. The fourth-order valence-corrected chi connectivity index (χ4v) is 5.18. The molecule has 0 spiro atoms. The number of aryl methyl sites for hydroxylation is 2. The first-order valence-electron chi connectivity index (χ1n) is 9.95. The van der Waals surface area contributed by atoms with Gasteiger partial charge in [-0.2, -0.15) is 0 Å². The normalized spacial score (nSPS) is 24.9. The molecule has 1 saturated heterocycles. The molecule has 2 aromatic rings. The first kappa shape index (κ1) is 18.1. The van der Waals surface area contributed by atoms with Crippen LogP contribution in [-0.2, 0) is 11.3 Å². The van der Waals surface area contributed by atoms with Crippen molar-refractivity contribution in [3.8, 4) is 0 Å². The van der Waals surface area contributed by atoms with Crippen LogP contribution in [0.3, 0.4) is 0 Å². The Kier molecular flexibility index (Phi) is 5.43. The zero-order valence-electron chi connectivity index (χ0n) is 16.2. The smallest absolute Gasteiger partial charge is 0.146 e. The molecule has 1 aliphatic heterocycles. The van der Waals surface area contributed by atoms with E-state index >= 15 is 0 Å². The van der Waals surface area contributed by atoms with E-state index in [1.807, 2.05) is 0 Å². The average Bonchev–Trinajstić information content (AvgIpc) is 2.92. The van der Waals surface area contributed by atoms with Gasteiger partial charge in [-0.1, -0.05) is 19.8 Å². The van der Waals surface area contributed by atoms with Crippen molar-refractivity contribution >= 4 is 27.4 Å². The highest BCUT2D eigenvalue weighted by molar-refractivity contribution is 7.18. The Balaban J connectivity index is 1.66. The van der Waals surface area contributed by atoms with Crippen LogP contribution in [-0.4, -0.2) is 47.2 Å². The molecule has 5 nitrogen and oxygen atoms in total. The van der Waals surface area contributed by atoms with E-state index in [-0.39, 0.29) is 0 Å². The van der Waals surface area contributed by atoms with E-state index in [1.54, 1.807) is 11.3 Å². The van der Waals surface area contributed by atoms with Crippen LogP contribution < -0.4 is 5.32 Å². The van der Waals surface area contributed by atoms with Gasteiger partial charge in [-0.3, -0.25) is 4.90 Å². The van der Waals surface area contributed by atoms with Crippen molar-refractivity contribution in [2.45, 2.75) is 59.0 Å². The summed E-state index contributed by atoms with van der Waals surface area (Å²) in [4.78, 5) is 14.8. The second-order valence-electron chi connectivity index (χ2n) is 7.85. The van der Waals surface area contributed by atoms with E-state index in [4.69, 9.17) is 14.7 Å². The first-order chi connectivity index (χ1) is 12.6. The predicted octanol–water partition coefficient (Wildman–Crippen LogP) is 4.13. The molecular weight excluding hydrogens is 344 g/mol. The fourth-order valence-electron chi connectivity index (χ4n) is 4.13. The monoisotopic (exact) mass is 374 g/mol. The number of rotatable bonds is 4. The maximum absolute atomic E-state index is 5.47. The van der Waals surface area contributed by atoms with Gasteiger partial charge in [0.05, 0.1) is 25.1 Å². The molecule has 2 aromatic heterocycles. The molecule has 26 heavy (non-hydrogen) atoms. The summed E-state index contributed by atoms with van der Waals surface area (Å²) in [5.74, 6) is 2.70. The number of fused-ring (bicyclic) bond motifs is 1. The summed E-state index contributed by atoms with van der Waals surface area (Å²) in [5.41, 5.74) is 1.33. The quantitative estimate of drug-likeness (QED) is 0.872. The molecule has 0 aromatic carbocycles. The Morgan fingerprint density at radius 2 is 1.92 bits per heavy atom. The predicted molar refractivity (Wildman–Crippen MR) is 108 cm³/mol. The SMILES string of the molecule is Cc1sc2nc(CN3CCOCC3)nc(NC3CCCCC3C)c2c1C. The zero-order valence-corrected chi connectivity index (χ0v) is 17.0. The molecule has 1 aliphatic carbocycles. The van der Waals surface area contributed by atoms with E-state index in [9.17, 15) is 0 Å². The third kappa shape index (κ3) is 3.73. The van der Waals surface area contributed by atoms with Gasteiger partial charge in [-0.25, -0.2) is 9.97 Å². The number of aromatic nitrogens is 2. The Morgan fingerprint density at radius 3 is 2.69 bits per heavy atom. The molecule has 1 saturated carbocycles. The largest absolute Gasteiger partial charge is 0.379 e. The minimum absolute atomic E-state index is 0.526. The standard InChI is InChI=1S/C20H30N4OS/c1-13-6-4-5-7-16(13)21-19-18-14(2)15(3)26-20(18)23-17(22-19)12-24-8-10-25-11-9-24/h13,16H,4-12H2,1-3H3,(H,21,22,23). The van der Waals surface area contributed by atoms with Gasteiger partial charge in [-0.05, 0) is 38.2 Å². The lowest BCUT2D eigenvalue weighted by molar-refractivity contribution is 0.0331. The molecule has 2 fully saturated rings. The molecule has 142 valence electrons. The number of thiophene rings is 1. The summed E-state index contributed by atoms with van der Waals surface area (Å²) in [6.45, 7) is 11.1. The highest BCUT2D eigenvalue weighted by Crippen LogP contribution is 2.35. The van der Waals surface area contributed by atoms with Crippen LogP contribution in [0.25, 0.3) is 10.2 Å². The number of nitrogens with zero attached hydrogens (tertiary/aromatic N) is 3. The average molecular weight is 375 g/mol. The van der Waals surface area contributed by atoms with Crippen molar-refractivity contribution in [1.29, 1.82) is 0 Å². The Labute approximate surface area is 160 Å². The van der Waals surface area contributed by atoms with Gasteiger partial charge >= 0.3 is 0 Å². The van der Waals surface area contributed by atoms with Gasteiger partial charge in [0.1, 0.15) is 16.5 Å². The third-order valence-corrected chi connectivity index (χ3v) is 7.08. The maximum atomic E-state index is 5.47. The van der Waals surface area contributed by atoms with Crippen molar-refractivity contribution in [2.75, 3.05) is 31.6 Å². The lowest BCUT2D eigenvalue weighted by Gasteiger charge is -2.30. The molecule has 1 N–H and O–H groups in total. The molecule has 3 heterocycles. The van der Waals surface area contributed by atoms with Crippen molar-refractivity contribution in [2.24, 2.45) is 5.92 Å². The highest BCUT2D eigenvalue weighted by atomic mass is 32.1. The van der Waals surface area contributed by atoms with Gasteiger partial charge < -0.3 is 10.1 Å².